The molecule has 1 amide bonds. The molecule has 136 valence electrons. The van der Waals surface area contributed by atoms with E-state index in [1.54, 1.807) is 24.3 Å². The van der Waals surface area contributed by atoms with Crippen LogP contribution in [0.25, 0.3) is 11.1 Å². The lowest BCUT2D eigenvalue weighted by Gasteiger charge is -2.32. The van der Waals surface area contributed by atoms with E-state index in [9.17, 15) is 13.2 Å². The minimum atomic E-state index is -3.80. The van der Waals surface area contributed by atoms with Crippen LogP contribution in [-0.4, -0.2) is 27.4 Å². The summed E-state index contributed by atoms with van der Waals surface area (Å²) in [7, 11) is -3.80. The van der Waals surface area contributed by atoms with E-state index in [-0.39, 0.29) is 17.3 Å². The summed E-state index contributed by atoms with van der Waals surface area (Å²) in [5.41, 5.74) is 3.15. The lowest BCUT2D eigenvalue weighted by Crippen LogP contribution is -2.42. The van der Waals surface area contributed by atoms with Crippen molar-refractivity contribution in [3.8, 4) is 11.1 Å². The zero-order valence-electron chi connectivity index (χ0n) is 14.9. The zero-order valence-corrected chi connectivity index (χ0v) is 15.7. The standard InChI is InChI=1S/C20H22N2O3S/c1-4-11-21-20(23)13-22-18-10-9-15(14(2)3)12-17(18)16-7-5-6-8-19(16)26(22,24)25/h4-10,12,14H,1,11,13H2,2-3H3,(H,21,23). The molecule has 1 aliphatic rings. The fourth-order valence-corrected chi connectivity index (χ4v) is 4.70. The van der Waals surface area contributed by atoms with Crippen molar-refractivity contribution in [2.45, 2.75) is 24.7 Å². The first-order chi connectivity index (χ1) is 12.4. The highest BCUT2D eigenvalue weighted by molar-refractivity contribution is 7.93. The summed E-state index contributed by atoms with van der Waals surface area (Å²) in [4.78, 5) is 12.4. The molecule has 2 aromatic carbocycles. The van der Waals surface area contributed by atoms with Crippen LogP contribution in [-0.2, 0) is 14.8 Å². The molecule has 0 aliphatic carbocycles. The van der Waals surface area contributed by atoms with Gasteiger partial charge in [-0.25, -0.2) is 8.42 Å². The van der Waals surface area contributed by atoms with E-state index in [0.29, 0.717) is 23.7 Å². The monoisotopic (exact) mass is 370 g/mol. The van der Waals surface area contributed by atoms with Gasteiger partial charge < -0.3 is 5.32 Å². The Morgan fingerprint density at radius 3 is 2.62 bits per heavy atom. The summed E-state index contributed by atoms with van der Waals surface area (Å²) in [6.45, 7) is 7.76. The van der Waals surface area contributed by atoms with Gasteiger partial charge in [0.15, 0.2) is 0 Å². The quantitative estimate of drug-likeness (QED) is 0.822. The van der Waals surface area contributed by atoms with E-state index in [4.69, 9.17) is 0 Å². The number of nitrogens with zero attached hydrogens (tertiary/aromatic N) is 1. The third-order valence-electron chi connectivity index (χ3n) is 4.43. The van der Waals surface area contributed by atoms with Crippen molar-refractivity contribution in [2.75, 3.05) is 17.4 Å². The van der Waals surface area contributed by atoms with Crippen molar-refractivity contribution in [3.63, 3.8) is 0 Å². The second-order valence-electron chi connectivity index (χ2n) is 6.53. The largest absolute Gasteiger partial charge is 0.351 e. The highest BCUT2D eigenvalue weighted by atomic mass is 32.2. The van der Waals surface area contributed by atoms with E-state index in [2.05, 4.69) is 25.7 Å². The third kappa shape index (κ3) is 3.12. The molecule has 1 heterocycles. The van der Waals surface area contributed by atoms with Crippen molar-refractivity contribution in [1.29, 1.82) is 0 Å². The molecule has 0 bridgehead atoms. The number of benzene rings is 2. The number of hydrogen-bond donors (Lipinski definition) is 1. The molecule has 3 rings (SSSR count). The molecule has 26 heavy (non-hydrogen) atoms. The van der Waals surface area contributed by atoms with Crippen molar-refractivity contribution in [2.24, 2.45) is 0 Å². The number of carbonyl (C=O) groups is 1. The fraction of sp³-hybridized carbons (Fsp3) is 0.250. The lowest BCUT2D eigenvalue weighted by atomic mass is 9.95. The first-order valence-electron chi connectivity index (χ1n) is 8.50. The van der Waals surface area contributed by atoms with Crippen LogP contribution in [0.3, 0.4) is 0 Å². The van der Waals surface area contributed by atoms with Crippen LogP contribution in [0, 0.1) is 0 Å². The maximum Gasteiger partial charge on any atom is 0.265 e. The van der Waals surface area contributed by atoms with Crippen LogP contribution in [0.4, 0.5) is 5.69 Å². The predicted octanol–water partition coefficient (Wildman–Crippen LogP) is 3.29. The van der Waals surface area contributed by atoms with Gasteiger partial charge in [-0.1, -0.05) is 44.2 Å². The molecule has 0 aromatic heterocycles. The highest BCUT2D eigenvalue weighted by Gasteiger charge is 2.35. The number of fused-ring (bicyclic) bond motifs is 3. The minimum Gasteiger partial charge on any atom is -0.351 e. The van der Waals surface area contributed by atoms with Gasteiger partial charge in [-0.2, -0.15) is 0 Å². The van der Waals surface area contributed by atoms with Gasteiger partial charge in [-0.15, -0.1) is 6.58 Å². The molecule has 0 unspecified atom stereocenters. The topological polar surface area (TPSA) is 66.5 Å². The van der Waals surface area contributed by atoms with Gasteiger partial charge in [0, 0.05) is 17.7 Å². The number of amides is 1. The maximum atomic E-state index is 13.1. The maximum absolute atomic E-state index is 13.1. The Morgan fingerprint density at radius 2 is 1.92 bits per heavy atom. The van der Waals surface area contributed by atoms with Gasteiger partial charge in [-0.3, -0.25) is 9.10 Å². The van der Waals surface area contributed by atoms with Crippen LogP contribution in [0.2, 0.25) is 0 Å². The molecule has 1 aliphatic heterocycles. The molecular formula is C20H22N2O3S. The molecule has 0 spiro atoms. The Balaban J connectivity index is 2.15. The number of rotatable bonds is 5. The van der Waals surface area contributed by atoms with Gasteiger partial charge in [-0.05, 0) is 29.7 Å². The van der Waals surface area contributed by atoms with E-state index in [1.807, 2.05) is 24.3 Å². The summed E-state index contributed by atoms with van der Waals surface area (Å²) in [6, 6.07) is 12.6. The molecule has 0 atom stereocenters. The van der Waals surface area contributed by atoms with Crippen LogP contribution in [0.15, 0.2) is 60.0 Å². The van der Waals surface area contributed by atoms with Gasteiger partial charge in [0.1, 0.15) is 6.54 Å². The van der Waals surface area contributed by atoms with Crippen molar-refractivity contribution >= 4 is 21.6 Å². The first kappa shape index (κ1) is 18.2. The molecule has 1 N–H and O–H groups in total. The van der Waals surface area contributed by atoms with E-state index < -0.39 is 10.0 Å². The van der Waals surface area contributed by atoms with Crippen LogP contribution < -0.4 is 9.62 Å². The number of anilines is 1. The third-order valence-corrected chi connectivity index (χ3v) is 6.25. The summed E-state index contributed by atoms with van der Waals surface area (Å²) in [6.07, 6.45) is 1.56. The number of sulfonamides is 1. The lowest BCUT2D eigenvalue weighted by molar-refractivity contribution is -0.119. The molecule has 0 fully saturated rings. The van der Waals surface area contributed by atoms with Gasteiger partial charge in [0.2, 0.25) is 5.91 Å². The van der Waals surface area contributed by atoms with E-state index in [1.165, 1.54) is 4.31 Å². The molecule has 0 saturated carbocycles. The van der Waals surface area contributed by atoms with Crippen LogP contribution >= 0.6 is 0 Å². The molecule has 2 aromatic rings. The normalized spacial score (nSPS) is 14.5. The predicted molar refractivity (Wildman–Crippen MR) is 104 cm³/mol. The SMILES string of the molecule is C=CCNC(=O)CN1c2ccc(C(C)C)cc2-c2ccccc2S1(=O)=O. The summed E-state index contributed by atoms with van der Waals surface area (Å²) in [5, 5.41) is 2.64. The van der Waals surface area contributed by atoms with Gasteiger partial charge in [0.25, 0.3) is 10.0 Å². The number of carbonyl (C=O) groups excluding carboxylic acids is 1. The second kappa shape index (κ2) is 6.96. The first-order valence-corrected chi connectivity index (χ1v) is 9.94. The minimum absolute atomic E-state index is 0.227. The van der Waals surface area contributed by atoms with Crippen molar-refractivity contribution in [1.82, 2.24) is 5.32 Å². The Morgan fingerprint density at radius 1 is 1.19 bits per heavy atom. The van der Waals surface area contributed by atoms with Gasteiger partial charge >= 0.3 is 0 Å². The molecule has 6 heteroatoms. The molecule has 0 radical (unpaired) electrons. The Labute approximate surface area is 154 Å². The average Bonchev–Trinajstić information content (AvgIpc) is 2.63. The van der Waals surface area contributed by atoms with Crippen molar-refractivity contribution < 1.29 is 13.2 Å². The van der Waals surface area contributed by atoms with Gasteiger partial charge in [0.05, 0.1) is 10.6 Å². The Bertz CT molecular complexity index is 965. The molecular weight excluding hydrogens is 348 g/mol. The highest BCUT2D eigenvalue weighted by Crippen LogP contribution is 2.43. The number of nitrogens with one attached hydrogen (secondary N) is 1. The average molecular weight is 370 g/mol. The summed E-state index contributed by atoms with van der Waals surface area (Å²) in [5.74, 6) is -0.0536. The molecule has 5 nitrogen and oxygen atoms in total. The van der Waals surface area contributed by atoms with E-state index >= 15 is 0 Å². The van der Waals surface area contributed by atoms with Crippen LogP contribution in [0.5, 0.6) is 0 Å². The Kier molecular flexibility index (Phi) is 4.87. The van der Waals surface area contributed by atoms with E-state index in [0.717, 1.165) is 11.1 Å². The summed E-state index contributed by atoms with van der Waals surface area (Å²) < 4.78 is 27.4. The smallest absolute Gasteiger partial charge is 0.265 e. The summed E-state index contributed by atoms with van der Waals surface area (Å²) >= 11 is 0. The number of hydrogen-bond acceptors (Lipinski definition) is 3. The zero-order chi connectivity index (χ0) is 18.9. The van der Waals surface area contributed by atoms with Crippen LogP contribution in [0.1, 0.15) is 25.3 Å². The van der Waals surface area contributed by atoms with Crippen molar-refractivity contribution in [3.05, 3.63) is 60.7 Å². The second-order valence-corrected chi connectivity index (χ2v) is 8.36. The fourth-order valence-electron chi connectivity index (χ4n) is 3.05. The Hall–Kier alpha value is -2.60. The molecule has 0 saturated heterocycles.